The number of ether oxygens (including phenoxy) is 1. The van der Waals surface area contributed by atoms with Crippen LogP contribution in [0.15, 0.2) is 24.3 Å². The van der Waals surface area contributed by atoms with E-state index in [1.807, 2.05) is 31.2 Å². The van der Waals surface area contributed by atoms with Gasteiger partial charge in [0.1, 0.15) is 0 Å². The van der Waals surface area contributed by atoms with Crippen LogP contribution in [-0.4, -0.2) is 56.6 Å². The molecular weight excluding hydrogens is 342 g/mol. The predicted octanol–water partition coefficient (Wildman–Crippen LogP) is 1.48. The van der Waals surface area contributed by atoms with Crippen molar-refractivity contribution in [2.45, 2.75) is 32.7 Å². The van der Waals surface area contributed by atoms with Gasteiger partial charge in [0.05, 0.1) is 12.5 Å². The van der Waals surface area contributed by atoms with Crippen molar-refractivity contribution in [3.05, 3.63) is 35.4 Å². The van der Waals surface area contributed by atoms with Gasteiger partial charge >= 0.3 is 0 Å². The van der Waals surface area contributed by atoms with Gasteiger partial charge in [0, 0.05) is 38.6 Å². The number of hydrogen-bond acceptors (Lipinski definition) is 4. The van der Waals surface area contributed by atoms with Gasteiger partial charge in [-0.1, -0.05) is 29.8 Å². The Labute approximate surface area is 161 Å². The van der Waals surface area contributed by atoms with Gasteiger partial charge in [-0.3, -0.25) is 9.59 Å². The lowest BCUT2D eigenvalue weighted by atomic mass is 9.79. The van der Waals surface area contributed by atoms with E-state index in [4.69, 9.17) is 4.74 Å². The molecule has 1 aromatic carbocycles. The molecule has 2 aliphatic heterocycles. The summed E-state index contributed by atoms with van der Waals surface area (Å²) in [6.45, 7) is 6.28. The minimum absolute atomic E-state index is 0.000140. The molecule has 1 atom stereocenters. The first-order valence-corrected chi connectivity index (χ1v) is 9.82. The number of amides is 2. The van der Waals surface area contributed by atoms with Crippen molar-refractivity contribution < 1.29 is 14.3 Å². The average Bonchev–Trinajstić information content (AvgIpc) is 3.03. The number of nitrogens with zero attached hydrogens (tertiary/aromatic N) is 1. The van der Waals surface area contributed by atoms with Gasteiger partial charge < -0.3 is 20.3 Å². The summed E-state index contributed by atoms with van der Waals surface area (Å²) in [6, 6.07) is 8.19. The summed E-state index contributed by atoms with van der Waals surface area (Å²) >= 11 is 0. The molecule has 0 radical (unpaired) electrons. The Balaban J connectivity index is 1.53. The maximum Gasteiger partial charge on any atom is 0.225 e. The van der Waals surface area contributed by atoms with Crippen molar-refractivity contribution in [3.8, 4) is 0 Å². The van der Waals surface area contributed by atoms with Crippen LogP contribution in [-0.2, 0) is 20.9 Å². The summed E-state index contributed by atoms with van der Waals surface area (Å²) in [7, 11) is 1.71. The molecule has 2 fully saturated rings. The molecule has 0 aromatic heterocycles. The maximum atomic E-state index is 12.7. The van der Waals surface area contributed by atoms with Gasteiger partial charge in [0.15, 0.2) is 0 Å². The summed E-state index contributed by atoms with van der Waals surface area (Å²) in [5, 5.41) is 6.47. The molecule has 2 aliphatic rings. The third-order valence-electron chi connectivity index (χ3n) is 5.83. The fourth-order valence-corrected chi connectivity index (χ4v) is 4.07. The van der Waals surface area contributed by atoms with Crippen molar-refractivity contribution in [2.75, 3.05) is 39.9 Å². The van der Waals surface area contributed by atoms with Gasteiger partial charge in [-0.05, 0) is 38.4 Å². The lowest BCUT2D eigenvalue weighted by Crippen LogP contribution is -2.48. The normalized spacial score (nSPS) is 22.1. The van der Waals surface area contributed by atoms with Crippen molar-refractivity contribution >= 4 is 11.8 Å². The molecule has 1 aromatic rings. The highest BCUT2D eigenvalue weighted by Crippen LogP contribution is 2.29. The van der Waals surface area contributed by atoms with Crippen LogP contribution in [0.2, 0.25) is 0 Å². The lowest BCUT2D eigenvalue weighted by molar-refractivity contribution is -0.129. The predicted molar refractivity (Wildman–Crippen MR) is 104 cm³/mol. The zero-order chi connectivity index (χ0) is 19.3. The van der Waals surface area contributed by atoms with Crippen molar-refractivity contribution in [2.24, 2.45) is 11.3 Å². The third-order valence-corrected chi connectivity index (χ3v) is 5.83. The molecular formula is C21H31N3O3. The smallest absolute Gasteiger partial charge is 0.225 e. The molecule has 2 saturated heterocycles. The highest BCUT2D eigenvalue weighted by Gasteiger charge is 2.37. The average molecular weight is 373 g/mol. The Kier molecular flexibility index (Phi) is 6.50. The van der Waals surface area contributed by atoms with E-state index in [9.17, 15) is 9.59 Å². The van der Waals surface area contributed by atoms with Gasteiger partial charge in [0.25, 0.3) is 0 Å². The van der Waals surface area contributed by atoms with E-state index in [0.717, 1.165) is 31.5 Å². The largest absolute Gasteiger partial charge is 0.384 e. The Morgan fingerprint density at radius 3 is 2.67 bits per heavy atom. The Morgan fingerprint density at radius 1 is 1.30 bits per heavy atom. The van der Waals surface area contributed by atoms with Crippen LogP contribution in [0.1, 0.15) is 30.4 Å². The molecule has 0 spiro atoms. The standard InChI is InChI=1S/C21H31N3O3/c1-16-3-5-17(6-4-16)12-24-13-18(11-19(24)25)20(26)23-14-21(15-27-2)7-9-22-10-8-21/h3-6,18,22H,7-15H2,1-2H3,(H,23,26). The molecule has 6 heteroatoms. The molecule has 27 heavy (non-hydrogen) atoms. The number of rotatable bonds is 7. The van der Waals surface area contributed by atoms with Crippen LogP contribution in [0.5, 0.6) is 0 Å². The molecule has 3 rings (SSSR count). The molecule has 6 nitrogen and oxygen atoms in total. The highest BCUT2D eigenvalue weighted by molar-refractivity contribution is 5.89. The molecule has 0 saturated carbocycles. The second kappa shape index (κ2) is 8.85. The zero-order valence-electron chi connectivity index (χ0n) is 16.4. The minimum atomic E-state index is -0.260. The summed E-state index contributed by atoms with van der Waals surface area (Å²) < 4.78 is 5.41. The SMILES string of the molecule is COCC1(CNC(=O)C2CC(=O)N(Cc3ccc(C)cc3)C2)CCNCC1. The fraction of sp³-hybridized carbons (Fsp3) is 0.619. The Hall–Kier alpha value is -1.92. The minimum Gasteiger partial charge on any atom is -0.384 e. The number of carbonyl (C=O) groups is 2. The van der Waals surface area contributed by atoms with Crippen LogP contribution >= 0.6 is 0 Å². The van der Waals surface area contributed by atoms with Crippen LogP contribution in [0.4, 0.5) is 0 Å². The first kappa shape index (κ1) is 19.8. The summed E-state index contributed by atoms with van der Waals surface area (Å²) in [4.78, 5) is 26.8. The Morgan fingerprint density at radius 2 is 2.00 bits per heavy atom. The monoisotopic (exact) mass is 373 g/mol. The van der Waals surface area contributed by atoms with Crippen molar-refractivity contribution in [1.82, 2.24) is 15.5 Å². The van der Waals surface area contributed by atoms with Gasteiger partial charge in [-0.2, -0.15) is 0 Å². The van der Waals surface area contributed by atoms with E-state index in [1.165, 1.54) is 5.56 Å². The number of hydrogen-bond donors (Lipinski definition) is 2. The van der Waals surface area contributed by atoms with Gasteiger partial charge in [0.2, 0.25) is 11.8 Å². The van der Waals surface area contributed by atoms with Crippen molar-refractivity contribution in [1.29, 1.82) is 0 Å². The topological polar surface area (TPSA) is 70.7 Å². The molecule has 2 amide bonds. The molecule has 0 aliphatic carbocycles. The third kappa shape index (κ3) is 5.08. The second-order valence-electron chi connectivity index (χ2n) is 8.06. The summed E-state index contributed by atoms with van der Waals surface area (Å²) in [5.41, 5.74) is 2.30. The highest BCUT2D eigenvalue weighted by atomic mass is 16.5. The molecule has 148 valence electrons. The fourth-order valence-electron chi connectivity index (χ4n) is 4.07. The number of carbonyl (C=O) groups excluding carboxylic acids is 2. The molecule has 1 unspecified atom stereocenters. The van der Waals surface area contributed by atoms with E-state index in [0.29, 0.717) is 32.7 Å². The van der Waals surface area contributed by atoms with Gasteiger partial charge in [-0.25, -0.2) is 0 Å². The van der Waals surface area contributed by atoms with E-state index in [-0.39, 0.29) is 23.1 Å². The Bertz CT molecular complexity index is 648. The van der Waals surface area contributed by atoms with E-state index in [2.05, 4.69) is 10.6 Å². The molecule has 2 heterocycles. The number of methoxy groups -OCH3 is 1. The van der Waals surface area contributed by atoms with Gasteiger partial charge in [-0.15, -0.1) is 0 Å². The second-order valence-corrected chi connectivity index (χ2v) is 8.06. The van der Waals surface area contributed by atoms with Crippen molar-refractivity contribution in [3.63, 3.8) is 0 Å². The quantitative estimate of drug-likeness (QED) is 0.759. The van der Waals surface area contributed by atoms with Crippen LogP contribution in [0, 0.1) is 18.3 Å². The number of nitrogens with one attached hydrogen (secondary N) is 2. The van der Waals surface area contributed by atoms with Crippen LogP contribution in [0.3, 0.4) is 0 Å². The maximum absolute atomic E-state index is 12.7. The number of aryl methyl sites for hydroxylation is 1. The number of piperidine rings is 1. The first-order chi connectivity index (χ1) is 13.0. The number of benzene rings is 1. The molecule has 2 N–H and O–H groups in total. The van der Waals surface area contributed by atoms with E-state index < -0.39 is 0 Å². The lowest BCUT2D eigenvalue weighted by Gasteiger charge is -2.37. The van der Waals surface area contributed by atoms with E-state index >= 15 is 0 Å². The van der Waals surface area contributed by atoms with Crippen LogP contribution in [0.25, 0.3) is 0 Å². The zero-order valence-corrected chi connectivity index (χ0v) is 16.4. The van der Waals surface area contributed by atoms with Crippen LogP contribution < -0.4 is 10.6 Å². The summed E-state index contributed by atoms with van der Waals surface area (Å²) in [5.74, 6) is -0.211. The summed E-state index contributed by atoms with van der Waals surface area (Å²) in [6.07, 6.45) is 2.28. The number of likely N-dealkylation sites (tertiary alicyclic amines) is 1. The first-order valence-electron chi connectivity index (χ1n) is 9.82. The van der Waals surface area contributed by atoms with E-state index in [1.54, 1.807) is 12.0 Å². The molecule has 0 bridgehead atoms.